The summed E-state index contributed by atoms with van der Waals surface area (Å²) in [5.41, 5.74) is 0.706. The minimum atomic E-state index is -1.45. The van der Waals surface area contributed by atoms with E-state index in [0.29, 0.717) is 25.0 Å². The molecule has 9 nitrogen and oxygen atoms in total. The zero-order chi connectivity index (χ0) is 28.7. The monoisotopic (exact) mass is 545 g/mol. The van der Waals surface area contributed by atoms with Gasteiger partial charge in [0.15, 0.2) is 11.6 Å². The third-order valence-corrected chi connectivity index (χ3v) is 6.90. The number of ether oxygens (including phenoxy) is 1. The third kappa shape index (κ3) is 8.61. The number of cyclic esters (lactones) is 1. The highest BCUT2D eigenvalue weighted by atomic mass is 19.1. The van der Waals surface area contributed by atoms with Gasteiger partial charge in [-0.3, -0.25) is 9.59 Å². The van der Waals surface area contributed by atoms with Gasteiger partial charge in [0.05, 0.1) is 12.5 Å². The Morgan fingerprint density at radius 1 is 1.18 bits per heavy atom. The number of hydrogen-bond donors (Lipinski definition) is 2. The van der Waals surface area contributed by atoms with Crippen molar-refractivity contribution in [1.29, 1.82) is 0 Å². The van der Waals surface area contributed by atoms with Crippen LogP contribution in [0.5, 0.6) is 0 Å². The third-order valence-electron chi connectivity index (χ3n) is 6.90. The standard InChI is InChI=1S/C29H40FN3O6/c1-17(2)27-19(4)9-11-25(35)31-20(5)10-8-18(3)13-22(34)14-21(30)15-26-32-23(16-38-26)28(36)33-12-6-7-24(33)29(37)39-27/h8-11,13,16-17,19-22,24,27,34H,6-7,12,14-15H2,1-5H3,(H,31,35)/b10-8+,11-9+,18-13+. The van der Waals surface area contributed by atoms with Crippen LogP contribution in [-0.2, 0) is 20.7 Å². The molecular formula is C29H40FN3O6. The molecule has 6 atom stereocenters. The van der Waals surface area contributed by atoms with Crippen molar-refractivity contribution >= 4 is 17.8 Å². The average molecular weight is 546 g/mol. The van der Waals surface area contributed by atoms with Crippen LogP contribution in [0.15, 0.2) is 46.6 Å². The Labute approximate surface area is 229 Å². The first-order valence-corrected chi connectivity index (χ1v) is 13.6. The quantitative estimate of drug-likeness (QED) is 0.516. The second kappa shape index (κ2) is 13.7. The molecule has 39 heavy (non-hydrogen) atoms. The number of amides is 2. The number of rotatable bonds is 1. The van der Waals surface area contributed by atoms with Crippen molar-refractivity contribution in [2.45, 2.75) is 90.8 Å². The highest BCUT2D eigenvalue weighted by Gasteiger charge is 2.38. The van der Waals surface area contributed by atoms with E-state index in [4.69, 9.17) is 9.15 Å². The van der Waals surface area contributed by atoms with Crippen LogP contribution in [-0.4, -0.2) is 69.8 Å². The van der Waals surface area contributed by atoms with E-state index in [-0.39, 0.29) is 48.2 Å². The van der Waals surface area contributed by atoms with Crippen LogP contribution in [0.2, 0.25) is 0 Å². The summed E-state index contributed by atoms with van der Waals surface area (Å²) in [7, 11) is 0. The van der Waals surface area contributed by atoms with Crippen molar-refractivity contribution in [2.24, 2.45) is 11.8 Å². The van der Waals surface area contributed by atoms with E-state index in [1.807, 2.05) is 27.7 Å². The highest BCUT2D eigenvalue weighted by Crippen LogP contribution is 2.25. The average Bonchev–Trinajstić information content (AvgIpc) is 3.53. The number of fused-ring (bicyclic) bond motifs is 3. The molecule has 0 saturated carbocycles. The number of carbonyl (C=O) groups is 3. The van der Waals surface area contributed by atoms with Crippen LogP contribution in [0.3, 0.4) is 0 Å². The summed E-state index contributed by atoms with van der Waals surface area (Å²) in [4.78, 5) is 44.4. The maximum Gasteiger partial charge on any atom is 0.329 e. The lowest BCUT2D eigenvalue weighted by molar-refractivity contribution is -0.158. The van der Waals surface area contributed by atoms with Crippen molar-refractivity contribution in [3.8, 4) is 0 Å². The number of hydrogen-bond acceptors (Lipinski definition) is 7. The fourth-order valence-corrected chi connectivity index (χ4v) is 4.90. The highest BCUT2D eigenvalue weighted by molar-refractivity contribution is 5.95. The molecule has 3 heterocycles. The molecule has 2 bridgehead atoms. The van der Waals surface area contributed by atoms with Crippen molar-refractivity contribution in [1.82, 2.24) is 15.2 Å². The molecule has 2 aliphatic rings. The van der Waals surface area contributed by atoms with Crippen molar-refractivity contribution in [3.63, 3.8) is 0 Å². The summed E-state index contributed by atoms with van der Waals surface area (Å²) in [6, 6.07) is -1.07. The summed E-state index contributed by atoms with van der Waals surface area (Å²) in [5.74, 6) is -1.53. The van der Waals surface area contributed by atoms with Crippen LogP contribution in [0.4, 0.5) is 4.39 Å². The number of carbonyl (C=O) groups excluding carboxylic acids is 3. The maximum atomic E-state index is 14.7. The Morgan fingerprint density at radius 3 is 2.64 bits per heavy atom. The molecule has 2 N–H and O–H groups in total. The number of nitrogens with one attached hydrogen (secondary N) is 1. The number of allylic oxidation sites excluding steroid dienone is 2. The van der Waals surface area contributed by atoms with Crippen molar-refractivity contribution in [3.05, 3.63) is 53.8 Å². The molecule has 1 saturated heterocycles. The van der Waals surface area contributed by atoms with Gasteiger partial charge in [0, 0.05) is 24.9 Å². The van der Waals surface area contributed by atoms with E-state index in [1.54, 1.807) is 25.2 Å². The topological polar surface area (TPSA) is 122 Å². The molecule has 6 unspecified atom stereocenters. The molecule has 1 aromatic heterocycles. The first kappa shape index (κ1) is 30.3. The molecule has 214 valence electrons. The first-order chi connectivity index (χ1) is 18.4. The Hall–Kier alpha value is -3.27. The largest absolute Gasteiger partial charge is 0.460 e. The van der Waals surface area contributed by atoms with Gasteiger partial charge in [-0.2, -0.15) is 0 Å². The van der Waals surface area contributed by atoms with Gasteiger partial charge in [0.1, 0.15) is 24.6 Å². The summed E-state index contributed by atoms with van der Waals surface area (Å²) in [6.45, 7) is 9.68. The Balaban J connectivity index is 1.87. The summed E-state index contributed by atoms with van der Waals surface area (Å²) >= 11 is 0. The summed E-state index contributed by atoms with van der Waals surface area (Å²) in [6.07, 6.45) is 7.07. The molecule has 1 fully saturated rings. The van der Waals surface area contributed by atoms with Gasteiger partial charge < -0.3 is 24.5 Å². The Bertz CT molecular complexity index is 1110. The lowest BCUT2D eigenvalue weighted by atomic mass is 9.94. The predicted molar refractivity (Wildman–Crippen MR) is 143 cm³/mol. The van der Waals surface area contributed by atoms with Gasteiger partial charge in [-0.25, -0.2) is 14.2 Å². The zero-order valence-corrected chi connectivity index (χ0v) is 23.3. The normalized spacial score (nSPS) is 33.1. The van der Waals surface area contributed by atoms with Gasteiger partial charge in [0.25, 0.3) is 5.91 Å². The van der Waals surface area contributed by atoms with Crippen molar-refractivity contribution < 1.29 is 33.0 Å². The minimum absolute atomic E-state index is 0.00596. The molecule has 3 rings (SSSR count). The van der Waals surface area contributed by atoms with E-state index in [9.17, 15) is 23.9 Å². The van der Waals surface area contributed by atoms with Crippen LogP contribution < -0.4 is 5.32 Å². The van der Waals surface area contributed by atoms with Crippen LogP contribution in [0.1, 0.15) is 70.3 Å². The molecule has 0 radical (unpaired) electrons. The van der Waals surface area contributed by atoms with Crippen LogP contribution in [0.25, 0.3) is 0 Å². The fourth-order valence-electron chi connectivity index (χ4n) is 4.90. The van der Waals surface area contributed by atoms with E-state index in [1.165, 1.54) is 23.3 Å². The minimum Gasteiger partial charge on any atom is -0.460 e. The first-order valence-electron chi connectivity index (χ1n) is 13.6. The Kier molecular flexibility index (Phi) is 10.6. The van der Waals surface area contributed by atoms with Gasteiger partial charge >= 0.3 is 5.97 Å². The maximum absolute atomic E-state index is 14.7. The van der Waals surface area contributed by atoms with Gasteiger partial charge in [-0.15, -0.1) is 0 Å². The summed E-state index contributed by atoms with van der Waals surface area (Å²) < 4.78 is 25.9. The number of aromatic nitrogens is 1. The molecule has 1 aromatic rings. The van der Waals surface area contributed by atoms with E-state index in [2.05, 4.69) is 10.3 Å². The molecule has 10 heteroatoms. The van der Waals surface area contributed by atoms with Gasteiger partial charge in [-0.05, 0) is 38.7 Å². The number of esters is 1. The lowest BCUT2D eigenvalue weighted by Crippen LogP contribution is -2.44. The SMILES string of the molecule is CC1=C\C(O)CC(F)Cc2nc(co2)C(=O)N2CCCC2C(=O)OC(C(C)C)C(C)/C=C/C(=O)NC(C)\C=C\1. The predicted octanol–water partition coefficient (Wildman–Crippen LogP) is 3.69. The molecule has 0 aliphatic carbocycles. The second-order valence-corrected chi connectivity index (χ2v) is 10.8. The second-order valence-electron chi connectivity index (χ2n) is 10.8. The number of halogens is 1. The number of nitrogens with zero attached hydrogens (tertiary/aromatic N) is 2. The van der Waals surface area contributed by atoms with E-state index >= 15 is 0 Å². The molecule has 0 aromatic carbocycles. The molecule has 2 aliphatic heterocycles. The Morgan fingerprint density at radius 2 is 1.92 bits per heavy atom. The molecule has 0 spiro atoms. The van der Waals surface area contributed by atoms with Crippen molar-refractivity contribution in [2.75, 3.05) is 6.54 Å². The fraction of sp³-hybridized carbons (Fsp3) is 0.586. The smallest absolute Gasteiger partial charge is 0.329 e. The number of aliphatic hydroxyl groups is 1. The number of alkyl halides is 1. The van der Waals surface area contributed by atoms with E-state index in [0.717, 1.165) is 0 Å². The zero-order valence-electron chi connectivity index (χ0n) is 23.3. The van der Waals surface area contributed by atoms with Crippen LogP contribution >= 0.6 is 0 Å². The lowest BCUT2D eigenvalue weighted by Gasteiger charge is -2.29. The molecule has 2 amide bonds. The molecular weight excluding hydrogens is 505 g/mol. The van der Waals surface area contributed by atoms with Gasteiger partial charge in [0.2, 0.25) is 5.91 Å². The number of oxazole rings is 1. The van der Waals surface area contributed by atoms with E-state index < -0.39 is 36.3 Å². The van der Waals surface area contributed by atoms with Gasteiger partial charge in [-0.1, -0.05) is 50.6 Å². The summed E-state index contributed by atoms with van der Waals surface area (Å²) in [5, 5.41) is 13.1. The number of aliphatic hydroxyl groups excluding tert-OH is 1. The van der Waals surface area contributed by atoms with Crippen LogP contribution in [0, 0.1) is 11.8 Å².